The fraction of sp³-hybridized carbons (Fsp3) is 0.389. The molecule has 0 unspecified atom stereocenters. The SMILES string of the molecule is CCc1ccc(C(=O)N2CCN(c3ccc(C)nn3)CC2)cc1. The normalized spacial score (nSPS) is 14.9. The molecule has 5 nitrogen and oxygen atoms in total. The van der Waals surface area contributed by atoms with Gasteiger partial charge < -0.3 is 9.80 Å². The van der Waals surface area contributed by atoms with E-state index in [2.05, 4.69) is 22.0 Å². The maximum absolute atomic E-state index is 12.6. The molecular formula is C18H22N4O. The molecule has 1 aliphatic rings. The number of anilines is 1. The third kappa shape index (κ3) is 3.50. The maximum atomic E-state index is 12.6. The molecule has 2 aromatic rings. The highest BCUT2D eigenvalue weighted by molar-refractivity contribution is 5.94. The molecule has 1 fully saturated rings. The smallest absolute Gasteiger partial charge is 0.253 e. The van der Waals surface area contributed by atoms with Gasteiger partial charge in [0.25, 0.3) is 5.91 Å². The Hall–Kier alpha value is -2.43. The van der Waals surface area contributed by atoms with Crippen molar-refractivity contribution in [2.45, 2.75) is 20.3 Å². The van der Waals surface area contributed by atoms with E-state index in [1.807, 2.05) is 48.2 Å². The maximum Gasteiger partial charge on any atom is 0.253 e. The van der Waals surface area contributed by atoms with Gasteiger partial charge in [-0.2, -0.15) is 5.10 Å². The van der Waals surface area contributed by atoms with Crippen molar-refractivity contribution < 1.29 is 4.79 Å². The summed E-state index contributed by atoms with van der Waals surface area (Å²) in [4.78, 5) is 16.7. The number of carbonyl (C=O) groups excluding carboxylic acids is 1. The summed E-state index contributed by atoms with van der Waals surface area (Å²) in [5.74, 6) is 0.997. The van der Waals surface area contributed by atoms with Gasteiger partial charge in [0, 0.05) is 31.7 Å². The molecular weight excluding hydrogens is 288 g/mol. The minimum Gasteiger partial charge on any atom is -0.352 e. The molecule has 0 spiro atoms. The highest BCUT2D eigenvalue weighted by Gasteiger charge is 2.22. The van der Waals surface area contributed by atoms with Crippen LogP contribution in [0, 0.1) is 6.92 Å². The molecule has 23 heavy (non-hydrogen) atoms. The molecule has 0 atom stereocenters. The first kappa shape index (κ1) is 15.5. The van der Waals surface area contributed by atoms with Crippen LogP contribution in [0.15, 0.2) is 36.4 Å². The van der Waals surface area contributed by atoms with Crippen LogP contribution >= 0.6 is 0 Å². The van der Waals surface area contributed by atoms with E-state index in [1.54, 1.807) is 0 Å². The monoisotopic (exact) mass is 310 g/mol. The van der Waals surface area contributed by atoms with Crippen molar-refractivity contribution in [2.24, 2.45) is 0 Å². The zero-order chi connectivity index (χ0) is 16.2. The van der Waals surface area contributed by atoms with Crippen LogP contribution < -0.4 is 4.90 Å². The number of rotatable bonds is 3. The molecule has 120 valence electrons. The van der Waals surface area contributed by atoms with E-state index in [4.69, 9.17) is 0 Å². The minimum atomic E-state index is 0.113. The van der Waals surface area contributed by atoms with E-state index < -0.39 is 0 Å². The number of hydrogen-bond acceptors (Lipinski definition) is 4. The number of aromatic nitrogens is 2. The fourth-order valence-corrected chi connectivity index (χ4v) is 2.76. The molecule has 0 N–H and O–H groups in total. The molecule has 5 heteroatoms. The number of piperazine rings is 1. The molecule has 1 aromatic carbocycles. The third-order valence-corrected chi connectivity index (χ3v) is 4.28. The van der Waals surface area contributed by atoms with Crippen LogP contribution in [-0.2, 0) is 6.42 Å². The fourth-order valence-electron chi connectivity index (χ4n) is 2.76. The summed E-state index contributed by atoms with van der Waals surface area (Å²) >= 11 is 0. The van der Waals surface area contributed by atoms with Crippen molar-refractivity contribution in [2.75, 3.05) is 31.1 Å². The van der Waals surface area contributed by atoms with Crippen LogP contribution in [0.1, 0.15) is 28.5 Å². The Kier molecular flexibility index (Phi) is 4.55. The molecule has 1 aromatic heterocycles. The molecule has 1 aliphatic heterocycles. The van der Waals surface area contributed by atoms with Crippen molar-refractivity contribution in [1.82, 2.24) is 15.1 Å². The van der Waals surface area contributed by atoms with Crippen molar-refractivity contribution in [3.8, 4) is 0 Å². The van der Waals surface area contributed by atoms with E-state index in [9.17, 15) is 4.79 Å². The lowest BCUT2D eigenvalue weighted by Gasteiger charge is -2.35. The second-order valence-electron chi connectivity index (χ2n) is 5.86. The van der Waals surface area contributed by atoms with Gasteiger partial charge in [0.15, 0.2) is 5.82 Å². The molecule has 0 radical (unpaired) electrons. The second-order valence-corrected chi connectivity index (χ2v) is 5.86. The Balaban J connectivity index is 1.61. The average Bonchev–Trinajstić information content (AvgIpc) is 2.62. The van der Waals surface area contributed by atoms with Crippen LogP contribution in [0.25, 0.3) is 0 Å². The first-order chi connectivity index (χ1) is 11.2. The average molecular weight is 310 g/mol. The van der Waals surface area contributed by atoms with Gasteiger partial charge in [-0.3, -0.25) is 4.79 Å². The lowest BCUT2D eigenvalue weighted by molar-refractivity contribution is 0.0746. The number of hydrogen-bond donors (Lipinski definition) is 0. The third-order valence-electron chi connectivity index (χ3n) is 4.28. The van der Waals surface area contributed by atoms with E-state index in [1.165, 1.54) is 5.56 Å². The first-order valence-corrected chi connectivity index (χ1v) is 8.11. The Labute approximate surface area is 136 Å². The number of aryl methyl sites for hydroxylation is 2. The van der Waals surface area contributed by atoms with Crippen LogP contribution in [0.3, 0.4) is 0 Å². The predicted octanol–water partition coefficient (Wildman–Crippen LogP) is 2.31. The highest BCUT2D eigenvalue weighted by atomic mass is 16.2. The van der Waals surface area contributed by atoms with Gasteiger partial charge in [-0.05, 0) is 43.2 Å². The van der Waals surface area contributed by atoms with Crippen molar-refractivity contribution in [3.63, 3.8) is 0 Å². The van der Waals surface area contributed by atoms with Crippen LogP contribution in [0.2, 0.25) is 0 Å². The minimum absolute atomic E-state index is 0.113. The molecule has 2 heterocycles. The van der Waals surface area contributed by atoms with Crippen molar-refractivity contribution in [3.05, 3.63) is 53.2 Å². The topological polar surface area (TPSA) is 49.3 Å². The van der Waals surface area contributed by atoms with Gasteiger partial charge in [0.2, 0.25) is 0 Å². The Bertz CT molecular complexity index is 658. The lowest BCUT2D eigenvalue weighted by atomic mass is 10.1. The summed E-state index contributed by atoms with van der Waals surface area (Å²) in [6.07, 6.45) is 0.991. The first-order valence-electron chi connectivity index (χ1n) is 8.11. The molecule has 3 rings (SSSR count). The number of benzene rings is 1. The zero-order valence-electron chi connectivity index (χ0n) is 13.7. The van der Waals surface area contributed by atoms with E-state index >= 15 is 0 Å². The summed E-state index contributed by atoms with van der Waals surface area (Å²) in [5, 5.41) is 8.32. The summed E-state index contributed by atoms with van der Waals surface area (Å²) < 4.78 is 0. The van der Waals surface area contributed by atoms with Crippen LogP contribution in [-0.4, -0.2) is 47.2 Å². The van der Waals surface area contributed by atoms with Crippen LogP contribution in [0.4, 0.5) is 5.82 Å². The number of nitrogens with zero attached hydrogens (tertiary/aromatic N) is 4. The molecule has 0 saturated carbocycles. The summed E-state index contributed by atoms with van der Waals surface area (Å²) in [6.45, 7) is 7.04. The van der Waals surface area contributed by atoms with Crippen LogP contribution in [0.5, 0.6) is 0 Å². The summed E-state index contributed by atoms with van der Waals surface area (Å²) in [5.41, 5.74) is 2.94. The molecule has 0 bridgehead atoms. The van der Waals surface area contributed by atoms with E-state index in [0.29, 0.717) is 13.1 Å². The number of carbonyl (C=O) groups is 1. The highest BCUT2D eigenvalue weighted by Crippen LogP contribution is 2.15. The quantitative estimate of drug-likeness (QED) is 0.873. The standard InChI is InChI=1S/C18H22N4O/c1-3-15-5-7-16(8-6-15)18(23)22-12-10-21(11-13-22)17-9-4-14(2)19-20-17/h4-9H,3,10-13H2,1-2H3. The molecule has 1 amide bonds. The van der Waals surface area contributed by atoms with Gasteiger partial charge in [0.05, 0.1) is 5.69 Å². The Morgan fingerprint density at radius 3 is 2.26 bits per heavy atom. The van der Waals surface area contributed by atoms with E-state index in [-0.39, 0.29) is 5.91 Å². The van der Waals surface area contributed by atoms with Gasteiger partial charge in [-0.1, -0.05) is 19.1 Å². The Morgan fingerprint density at radius 1 is 1.00 bits per heavy atom. The Morgan fingerprint density at radius 2 is 1.70 bits per heavy atom. The summed E-state index contributed by atoms with van der Waals surface area (Å²) in [7, 11) is 0. The zero-order valence-corrected chi connectivity index (χ0v) is 13.7. The van der Waals surface area contributed by atoms with Gasteiger partial charge >= 0.3 is 0 Å². The molecule has 1 saturated heterocycles. The van der Waals surface area contributed by atoms with Gasteiger partial charge in [0.1, 0.15) is 0 Å². The lowest BCUT2D eigenvalue weighted by Crippen LogP contribution is -2.49. The van der Waals surface area contributed by atoms with Gasteiger partial charge in [-0.15, -0.1) is 5.10 Å². The second kappa shape index (κ2) is 6.77. The molecule has 0 aliphatic carbocycles. The van der Waals surface area contributed by atoms with Gasteiger partial charge in [-0.25, -0.2) is 0 Å². The van der Waals surface area contributed by atoms with Crippen molar-refractivity contribution >= 4 is 11.7 Å². The predicted molar refractivity (Wildman–Crippen MR) is 90.7 cm³/mol. The number of amides is 1. The van der Waals surface area contributed by atoms with E-state index in [0.717, 1.165) is 36.6 Å². The largest absolute Gasteiger partial charge is 0.352 e. The summed E-state index contributed by atoms with van der Waals surface area (Å²) in [6, 6.07) is 11.9. The van der Waals surface area contributed by atoms with Crippen molar-refractivity contribution in [1.29, 1.82) is 0 Å².